The molecule has 1 aliphatic carbocycles. The van der Waals surface area contributed by atoms with Crippen LogP contribution in [0.1, 0.15) is 41.6 Å². The molecule has 2 unspecified atom stereocenters. The molecule has 5 nitrogen and oxygen atoms in total. The van der Waals surface area contributed by atoms with Crippen LogP contribution < -0.4 is 5.32 Å². The van der Waals surface area contributed by atoms with Crippen molar-refractivity contribution in [2.24, 2.45) is 5.92 Å². The molecular weight excluding hydrogens is 336 g/mol. The number of carbonyl (C=O) groups is 1. The van der Waals surface area contributed by atoms with Gasteiger partial charge in [0, 0.05) is 28.6 Å². The molecule has 21 heavy (non-hydrogen) atoms. The van der Waals surface area contributed by atoms with Crippen molar-refractivity contribution in [3.63, 3.8) is 0 Å². The summed E-state index contributed by atoms with van der Waals surface area (Å²) in [6.45, 7) is 2.22. The van der Waals surface area contributed by atoms with Gasteiger partial charge in [0.15, 0.2) is 0 Å². The van der Waals surface area contributed by atoms with E-state index in [1.54, 1.807) is 19.1 Å². The lowest BCUT2D eigenvalue weighted by Gasteiger charge is -2.27. The van der Waals surface area contributed by atoms with E-state index in [0.29, 0.717) is 28.4 Å². The van der Waals surface area contributed by atoms with Crippen LogP contribution in [0, 0.1) is 23.0 Å². The molecule has 0 radical (unpaired) electrons. The van der Waals surface area contributed by atoms with Crippen LogP contribution >= 0.6 is 15.9 Å². The predicted molar refractivity (Wildman–Crippen MR) is 84.8 cm³/mol. The first-order chi connectivity index (χ1) is 10.0. The van der Waals surface area contributed by atoms with Gasteiger partial charge in [-0.05, 0) is 31.7 Å². The lowest BCUT2D eigenvalue weighted by Crippen LogP contribution is -2.34. The Kier molecular flexibility index (Phi) is 5.33. The fraction of sp³-hybridized carbons (Fsp3) is 0.533. The normalized spacial score (nSPS) is 21.8. The zero-order chi connectivity index (χ0) is 15.4. The van der Waals surface area contributed by atoms with E-state index in [-0.39, 0.29) is 11.6 Å². The van der Waals surface area contributed by atoms with Crippen LogP contribution in [0.25, 0.3) is 0 Å². The van der Waals surface area contributed by atoms with Crippen molar-refractivity contribution < 1.29 is 9.72 Å². The largest absolute Gasteiger partial charge is 0.352 e. The Morgan fingerprint density at radius 2 is 2.14 bits per heavy atom. The maximum absolute atomic E-state index is 12.2. The minimum Gasteiger partial charge on any atom is -0.352 e. The number of hydrogen-bond donors (Lipinski definition) is 1. The SMILES string of the molecule is Cc1c(C(=O)NCC2CCCCC2Br)cccc1[N+](=O)[O-]. The monoisotopic (exact) mass is 354 g/mol. The van der Waals surface area contributed by atoms with Crippen LogP contribution in [-0.4, -0.2) is 22.2 Å². The van der Waals surface area contributed by atoms with Gasteiger partial charge in [0.05, 0.1) is 4.92 Å². The molecule has 1 aromatic rings. The van der Waals surface area contributed by atoms with Crippen LogP contribution in [-0.2, 0) is 0 Å². The van der Waals surface area contributed by atoms with E-state index < -0.39 is 4.92 Å². The first kappa shape index (κ1) is 15.9. The Labute approximate surface area is 132 Å². The van der Waals surface area contributed by atoms with Crippen LogP contribution in [0.4, 0.5) is 5.69 Å². The van der Waals surface area contributed by atoms with Gasteiger partial charge in [-0.15, -0.1) is 0 Å². The molecule has 0 bridgehead atoms. The van der Waals surface area contributed by atoms with E-state index in [9.17, 15) is 14.9 Å². The Bertz CT molecular complexity index is 548. The maximum atomic E-state index is 12.2. The van der Waals surface area contributed by atoms with Gasteiger partial charge >= 0.3 is 0 Å². The first-order valence-electron chi connectivity index (χ1n) is 7.17. The highest BCUT2D eigenvalue weighted by atomic mass is 79.9. The molecule has 2 rings (SSSR count). The average molecular weight is 355 g/mol. The third kappa shape index (κ3) is 3.81. The van der Waals surface area contributed by atoms with Crippen molar-refractivity contribution in [2.75, 3.05) is 6.54 Å². The summed E-state index contributed by atoms with van der Waals surface area (Å²) in [5.41, 5.74) is 0.781. The number of nitro groups is 1. The Hall–Kier alpha value is -1.43. The van der Waals surface area contributed by atoms with Gasteiger partial charge in [-0.2, -0.15) is 0 Å². The van der Waals surface area contributed by atoms with Crippen LogP contribution in [0.2, 0.25) is 0 Å². The molecule has 1 amide bonds. The molecule has 0 aliphatic heterocycles. The molecule has 114 valence electrons. The van der Waals surface area contributed by atoms with E-state index in [0.717, 1.165) is 12.8 Å². The Morgan fingerprint density at radius 1 is 1.43 bits per heavy atom. The van der Waals surface area contributed by atoms with Crippen molar-refractivity contribution in [3.05, 3.63) is 39.4 Å². The first-order valence-corrected chi connectivity index (χ1v) is 8.08. The molecular formula is C15H19BrN2O3. The molecule has 2 atom stereocenters. The fourth-order valence-electron chi connectivity index (χ4n) is 2.78. The van der Waals surface area contributed by atoms with Crippen molar-refractivity contribution in [1.82, 2.24) is 5.32 Å². The van der Waals surface area contributed by atoms with Crippen molar-refractivity contribution in [3.8, 4) is 0 Å². The van der Waals surface area contributed by atoms with Gasteiger partial charge in [-0.3, -0.25) is 14.9 Å². The summed E-state index contributed by atoms with van der Waals surface area (Å²) < 4.78 is 0. The standard InChI is InChI=1S/C15H19BrN2O3/c1-10-12(6-4-8-14(10)18(20)21)15(19)17-9-11-5-2-3-7-13(11)16/h4,6,8,11,13H,2-3,5,7,9H2,1H3,(H,17,19). The molecule has 1 N–H and O–H groups in total. The summed E-state index contributed by atoms with van der Waals surface area (Å²) in [4.78, 5) is 23.1. The lowest BCUT2D eigenvalue weighted by atomic mass is 9.89. The number of nitrogens with zero attached hydrogens (tertiary/aromatic N) is 1. The maximum Gasteiger partial charge on any atom is 0.273 e. The van der Waals surface area contributed by atoms with Gasteiger partial charge in [0.2, 0.25) is 0 Å². The van der Waals surface area contributed by atoms with Gasteiger partial charge in [0.1, 0.15) is 0 Å². The summed E-state index contributed by atoms with van der Waals surface area (Å²) in [5, 5.41) is 13.8. The van der Waals surface area contributed by atoms with Crippen molar-refractivity contribution >= 4 is 27.5 Å². The van der Waals surface area contributed by atoms with E-state index in [4.69, 9.17) is 0 Å². The van der Waals surface area contributed by atoms with Crippen LogP contribution in [0.3, 0.4) is 0 Å². The number of alkyl halides is 1. The third-order valence-electron chi connectivity index (χ3n) is 4.09. The van der Waals surface area contributed by atoms with Crippen molar-refractivity contribution in [2.45, 2.75) is 37.4 Å². The number of rotatable bonds is 4. The second-order valence-corrected chi connectivity index (χ2v) is 6.65. The molecule has 0 heterocycles. The van der Waals surface area contributed by atoms with Crippen LogP contribution in [0.15, 0.2) is 18.2 Å². The lowest BCUT2D eigenvalue weighted by molar-refractivity contribution is -0.385. The average Bonchev–Trinajstić information content (AvgIpc) is 2.46. The number of nitro benzene ring substituents is 1. The summed E-state index contributed by atoms with van der Waals surface area (Å²) in [6, 6.07) is 4.60. The Balaban J connectivity index is 2.03. The summed E-state index contributed by atoms with van der Waals surface area (Å²) in [7, 11) is 0. The number of hydrogen-bond acceptors (Lipinski definition) is 3. The number of amides is 1. The molecule has 6 heteroatoms. The molecule has 1 aromatic carbocycles. The van der Waals surface area contributed by atoms with Gasteiger partial charge < -0.3 is 5.32 Å². The number of halogens is 1. The zero-order valence-corrected chi connectivity index (χ0v) is 13.6. The predicted octanol–water partition coefficient (Wildman–Crippen LogP) is 3.59. The number of carbonyl (C=O) groups excluding carboxylic acids is 1. The summed E-state index contributed by atoms with van der Waals surface area (Å²) >= 11 is 3.67. The number of benzene rings is 1. The van der Waals surface area contributed by atoms with Gasteiger partial charge in [-0.25, -0.2) is 0 Å². The van der Waals surface area contributed by atoms with Gasteiger partial charge in [0.25, 0.3) is 11.6 Å². The third-order valence-corrected chi connectivity index (χ3v) is 5.29. The molecule has 0 saturated heterocycles. The van der Waals surface area contributed by atoms with E-state index >= 15 is 0 Å². The minimum atomic E-state index is -0.457. The Morgan fingerprint density at radius 3 is 2.81 bits per heavy atom. The van der Waals surface area contributed by atoms with E-state index in [2.05, 4.69) is 21.2 Å². The highest BCUT2D eigenvalue weighted by Gasteiger charge is 2.24. The van der Waals surface area contributed by atoms with Crippen LogP contribution in [0.5, 0.6) is 0 Å². The topological polar surface area (TPSA) is 72.2 Å². The second-order valence-electron chi connectivity index (χ2n) is 5.48. The van der Waals surface area contributed by atoms with E-state index in [1.807, 2.05) is 0 Å². The highest BCUT2D eigenvalue weighted by Crippen LogP contribution is 2.29. The zero-order valence-electron chi connectivity index (χ0n) is 12.0. The van der Waals surface area contributed by atoms with Crippen molar-refractivity contribution in [1.29, 1.82) is 0 Å². The quantitative estimate of drug-likeness (QED) is 0.510. The number of nitrogens with one attached hydrogen (secondary N) is 1. The molecule has 1 aliphatic rings. The fourth-order valence-corrected chi connectivity index (χ4v) is 3.55. The second kappa shape index (κ2) is 7.02. The van der Waals surface area contributed by atoms with Gasteiger partial charge in [-0.1, -0.05) is 34.8 Å². The molecule has 1 saturated carbocycles. The molecule has 1 fully saturated rings. The molecule has 0 spiro atoms. The minimum absolute atomic E-state index is 0.0151. The molecule has 0 aromatic heterocycles. The highest BCUT2D eigenvalue weighted by molar-refractivity contribution is 9.09. The summed E-state index contributed by atoms with van der Waals surface area (Å²) in [6.07, 6.45) is 4.66. The van der Waals surface area contributed by atoms with E-state index in [1.165, 1.54) is 18.9 Å². The smallest absolute Gasteiger partial charge is 0.273 e. The summed E-state index contributed by atoms with van der Waals surface area (Å²) in [5.74, 6) is 0.197.